The second-order valence-electron chi connectivity index (χ2n) is 8.41. The number of hydrogen-bond acceptors (Lipinski definition) is 4. The van der Waals surface area contributed by atoms with E-state index in [4.69, 9.17) is 4.74 Å². The van der Waals surface area contributed by atoms with Gasteiger partial charge in [0.15, 0.2) is 0 Å². The first-order chi connectivity index (χ1) is 16.2. The molecule has 1 aliphatic rings. The summed E-state index contributed by atoms with van der Waals surface area (Å²) in [5.41, 5.74) is 2.24. The third-order valence-electron chi connectivity index (χ3n) is 6.04. The van der Waals surface area contributed by atoms with Gasteiger partial charge in [-0.05, 0) is 67.3 Å². The molecule has 0 saturated heterocycles. The van der Waals surface area contributed by atoms with E-state index in [0.717, 1.165) is 22.7 Å². The number of carbonyl (C=O) groups is 1. The fourth-order valence-electron chi connectivity index (χ4n) is 3.86. The van der Waals surface area contributed by atoms with Crippen molar-refractivity contribution < 1.29 is 22.3 Å². The molecule has 0 spiro atoms. The summed E-state index contributed by atoms with van der Waals surface area (Å²) in [4.78, 5) is 15.3. The minimum Gasteiger partial charge on any atom is -0.495 e. The van der Waals surface area contributed by atoms with Crippen molar-refractivity contribution in [2.45, 2.75) is 37.2 Å². The average Bonchev–Trinajstić information content (AvgIpc) is 3.68. The van der Waals surface area contributed by atoms with Crippen LogP contribution in [0.15, 0.2) is 71.6 Å². The van der Waals surface area contributed by atoms with Crippen LogP contribution in [0.3, 0.4) is 0 Å². The lowest BCUT2D eigenvalue weighted by atomic mass is 10.1. The molecule has 34 heavy (non-hydrogen) atoms. The fourth-order valence-corrected chi connectivity index (χ4v) is 5.10. The molecule has 1 amide bonds. The number of benzene rings is 3. The SMILES string of the molecule is COc1ccccc1N(C)S(=O)(=O)c1ccc(C)c(C(=O)N(Cc2ccc(F)cc2)C2CC2)c1. The third-order valence-corrected chi connectivity index (χ3v) is 7.80. The zero-order valence-corrected chi connectivity index (χ0v) is 20.2. The predicted octanol–water partition coefficient (Wildman–Crippen LogP) is 4.77. The summed E-state index contributed by atoms with van der Waals surface area (Å²) in [6, 6.07) is 17.6. The molecule has 0 heterocycles. The molecule has 1 fully saturated rings. The van der Waals surface area contributed by atoms with Gasteiger partial charge in [0.2, 0.25) is 0 Å². The van der Waals surface area contributed by atoms with E-state index in [1.165, 1.54) is 38.4 Å². The molecule has 0 atom stereocenters. The Labute approximate surface area is 199 Å². The van der Waals surface area contributed by atoms with Crippen LogP contribution >= 0.6 is 0 Å². The van der Waals surface area contributed by atoms with Crippen LogP contribution < -0.4 is 9.04 Å². The van der Waals surface area contributed by atoms with Gasteiger partial charge in [-0.3, -0.25) is 9.10 Å². The van der Waals surface area contributed by atoms with E-state index in [1.54, 1.807) is 54.3 Å². The van der Waals surface area contributed by atoms with Crippen LogP contribution in [0.4, 0.5) is 10.1 Å². The standard InChI is InChI=1S/C26H27FN2O4S/c1-18-8-15-22(34(31,32)28(2)24-6-4-5-7-25(24)33-3)16-23(18)26(30)29(21-13-14-21)17-19-9-11-20(27)12-10-19/h4-12,15-16,21H,13-14,17H2,1-3H3. The fraction of sp³-hybridized carbons (Fsp3) is 0.269. The molecule has 3 aromatic rings. The van der Waals surface area contributed by atoms with E-state index in [-0.39, 0.29) is 22.7 Å². The van der Waals surface area contributed by atoms with Crippen molar-refractivity contribution in [2.75, 3.05) is 18.5 Å². The van der Waals surface area contributed by atoms with Crippen LogP contribution in [0.2, 0.25) is 0 Å². The van der Waals surface area contributed by atoms with Crippen LogP contribution in [0.5, 0.6) is 5.75 Å². The number of rotatable bonds is 8. The van der Waals surface area contributed by atoms with Gasteiger partial charge in [0.1, 0.15) is 11.6 Å². The summed E-state index contributed by atoms with van der Waals surface area (Å²) in [6.07, 6.45) is 1.78. The molecular formula is C26H27FN2O4S. The summed E-state index contributed by atoms with van der Waals surface area (Å²) >= 11 is 0. The summed E-state index contributed by atoms with van der Waals surface area (Å²) in [5.74, 6) is -0.140. The Morgan fingerprint density at radius 2 is 1.74 bits per heavy atom. The largest absolute Gasteiger partial charge is 0.495 e. The van der Waals surface area contributed by atoms with Crippen LogP contribution in [-0.4, -0.2) is 39.4 Å². The monoisotopic (exact) mass is 482 g/mol. The second kappa shape index (κ2) is 9.46. The number of halogens is 1. The summed E-state index contributed by atoms with van der Waals surface area (Å²) < 4.78 is 46.7. The Balaban J connectivity index is 1.66. The molecular weight excluding hydrogens is 455 g/mol. The number of aryl methyl sites for hydroxylation is 1. The van der Waals surface area contributed by atoms with Crippen molar-refractivity contribution in [3.05, 3.63) is 89.2 Å². The van der Waals surface area contributed by atoms with Gasteiger partial charge in [-0.1, -0.05) is 30.3 Å². The average molecular weight is 483 g/mol. The van der Waals surface area contributed by atoms with Gasteiger partial charge in [0.05, 0.1) is 17.7 Å². The normalized spacial score (nSPS) is 13.4. The van der Waals surface area contributed by atoms with Gasteiger partial charge in [0, 0.05) is 25.2 Å². The van der Waals surface area contributed by atoms with E-state index in [9.17, 15) is 17.6 Å². The maximum atomic E-state index is 13.6. The number of para-hydroxylation sites is 2. The molecule has 178 valence electrons. The Kier molecular flexibility index (Phi) is 6.61. The van der Waals surface area contributed by atoms with Crippen molar-refractivity contribution in [2.24, 2.45) is 0 Å². The molecule has 3 aromatic carbocycles. The first kappa shape index (κ1) is 23.8. The number of anilines is 1. The highest BCUT2D eigenvalue weighted by molar-refractivity contribution is 7.92. The predicted molar refractivity (Wildman–Crippen MR) is 129 cm³/mol. The third kappa shape index (κ3) is 4.77. The minimum atomic E-state index is -3.95. The molecule has 0 bridgehead atoms. The highest BCUT2D eigenvalue weighted by Crippen LogP contribution is 2.33. The van der Waals surface area contributed by atoms with Gasteiger partial charge in [-0.15, -0.1) is 0 Å². The quantitative estimate of drug-likeness (QED) is 0.464. The van der Waals surface area contributed by atoms with Gasteiger partial charge in [-0.2, -0.15) is 0 Å². The van der Waals surface area contributed by atoms with Gasteiger partial charge < -0.3 is 9.64 Å². The zero-order chi connectivity index (χ0) is 24.5. The summed E-state index contributed by atoms with van der Waals surface area (Å²) in [5, 5.41) is 0. The highest BCUT2D eigenvalue weighted by Gasteiger charge is 2.34. The van der Waals surface area contributed by atoms with E-state index in [0.29, 0.717) is 29.1 Å². The Hall–Kier alpha value is -3.39. The Morgan fingerprint density at radius 1 is 1.06 bits per heavy atom. The van der Waals surface area contributed by atoms with Crippen molar-refractivity contribution in [3.63, 3.8) is 0 Å². The lowest BCUT2D eigenvalue weighted by Crippen LogP contribution is -2.33. The summed E-state index contributed by atoms with van der Waals surface area (Å²) in [6.45, 7) is 2.12. The first-order valence-corrected chi connectivity index (χ1v) is 12.4. The zero-order valence-electron chi connectivity index (χ0n) is 19.4. The van der Waals surface area contributed by atoms with Crippen molar-refractivity contribution >= 4 is 21.6 Å². The number of ether oxygens (including phenoxy) is 1. The number of amides is 1. The maximum absolute atomic E-state index is 13.6. The molecule has 6 nitrogen and oxygen atoms in total. The number of nitrogens with zero attached hydrogens (tertiary/aromatic N) is 2. The molecule has 1 saturated carbocycles. The minimum absolute atomic E-state index is 0.0207. The van der Waals surface area contributed by atoms with Crippen LogP contribution in [-0.2, 0) is 16.6 Å². The van der Waals surface area contributed by atoms with E-state index < -0.39 is 10.0 Å². The molecule has 0 aliphatic heterocycles. The lowest BCUT2D eigenvalue weighted by molar-refractivity contribution is 0.0729. The Morgan fingerprint density at radius 3 is 2.38 bits per heavy atom. The van der Waals surface area contributed by atoms with Crippen molar-refractivity contribution in [1.29, 1.82) is 0 Å². The highest BCUT2D eigenvalue weighted by atomic mass is 32.2. The molecule has 0 unspecified atom stereocenters. The van der Waals surface area contributed by atoms with Gasteiger partial charge >= 0.3 is 0 Å². The van der Waals surface area contributed by atoms with Crippen LogP contribution in [0.25, 0.3) is 0 Å². The molecule has 4 rings (SSSR count). The lowest BCUT2D eigenvalue weighted by Gasteiger charge is -2.25. The summed E-state index contributed by atoms with van der Waals surface area (Å²) in [7, 11) is -1.01. The van der Waals surface area contributed by atoms with E-state index >= 15 is 0 Å². The topological polar surface area (TPSA) is 66.9 Å². The van der Waals surface area contributed by atoms with E-state index in [2.05, 4.69) is 0 Å². The number of carbonyl (C=O) groups excluding carboxylic acids is 1. The molecule has 1 aliphatic carbocycles. The van der Waals surface area contributed by atoms with Crippen LogP contribution in [0.1, 0.15) is 34.3 Å². The van der Waals surface area contributed by atoms with Crippen LogP contribution in [0, 0.1) is 12.7 Å². The molecule has 8 heteroatoms. The Bertz CT molecular complexity index is 1300. The number of sulfonamides is 1. The first-order valence-electron chi connectivity index (χ1n) is 11.0. The second-order valence-corrected chi connectivity index (χ2v) is 10.4. The smallest absolute Gasteiger partial charge is 0.264 e. The van der Waals surface area contributed by atoms with Gasteiger partial charge in [-0.25, -0.2) is 12.8 Å². The van der Waals surface area contributed by atoms with Gasteiger partial charge in [0.25, 0.3) is 15.9 Å². The number of methoxy groups -OCH3 is 1. The van der Waals surface area contributed by atoms with Crippen molar-refractivity contribution in [3.8, 4) is 5.75 Å². The number of hydrogen-bond donors (Lipinski definition) is 0. The molecule has 0 N–H and O–H groups in total. The maximum Gasteiger partial charge on any atom is 0.264 e. The molecule has 0 radical (unpaired) electrons. The molecule has 0 aromatic heterocycles. The van der Waals surface area contributed by atoms with E-state index in [1.807, 2.05) is 0 Å². The van der Waals surface area contributed by atoms with Crippen molar-refractivity contribution in [1.82, 2.24) is 4.90 Å².